The van der Waals surface area contributed by atoms with Crippen molar-refractivity contribution in [3.8, 4) is 0 Å². The number of non-ortho nitro benzene ring substituents is 1. The van der Waals surface area contributed by atoms with Crippen molar-refractivity contribution in [3.05, 3.63) is 135 Å². The Morgan fingerprint density at radius 3 is 1.83 bits per heavy atom. The third-order valence-corrected chi connectivity index (χ3v) is 5.63. The maximum absolute atomic E-state index is 11.6. The fourth-order valence-electron chi connectivity index (χ4n) is 4.44. The van der Waals surface area contributed by atoms with E-state index in [9.17, 15) is 10.1 Å². The predicted molar refractivity (Wildman–Crippen MR) is 115 cm³/mol. The molecule has 0 aromatic heterocycles. The third-order valence-electron chi connectivity index (χ3n) is 5.63. The zero-order chi connectivity index (χ0) is 19.8. The van der Waals surface area contributed by atoms with Crippen molar-refractivity contribution in [1.82, 2.24) is 0 Å². The van der Waals surface area contributed by atoms with Gasteiger partial charge in [-0.25, -0.2) is 0 Å². The molecule has 0 fully saturated rings. The number of nitrogens with zero attached hydrogens (tertiary/aromatic N) is 1. The first-order chi connectivity index (χ1) is 14.2. The first kappa shape index (κ1) is 17.2. The summed E-state index contributed by atoms with van der Waals surface area (Å²) in [5.41, 5.74) is 5.40. The molecule has 0 radical (unpaired) electrons. The van der Waals surface area contributed by atoms with Gasteiger partial charge in [0, 0.05) is 29.1 Å². The van der Waals surface area contributed by atoms with Crippen molar-refractivity contribution in [1.29, 1.82) is 0 Å². The van der Waals surface area contributed by atoms with Crippen LogP contribution in [0.25, 0.3) is 0 Å². The topological polar surface area (TPSA) is 55.2 Å². The Bertz CT molecular complexity index is 1160. The average Bonchev–Trinajstić information content (AvgIpc) is 2.78. The smallest absolute Gasteiger partial charge is 0.269 e. The minimum absolute atomic E-state index is 0.0844. The minimum atomic E-state index is -0.661. The lowest BCUT2D eigenvalue weighted by Crippen LogP contribution is -2.35. The van der Waals surface area contributed by atoms with Crippen LogP contribution >= 0.6 is 0 Å². The number of rotatable bonds is 3. The first-order valence-corrected chi connectivity index (χ1v) is 9.48. The van der Waals surface area contributed by atoms with Crippen LogP contribution in [0.15, 0.2) is 103 Å². The van der Waals surface area contributed by atoms with Crippen LogP contribution in [-0.2, 0) is 5.41 Å². The number of nitrogens with one attached hydrogen (secondary N) is 1. The molecule has 0 spiro atoms. The average molecular weight is 378 g/mol. The summed E-state index contributed by atoms with van der Waals surface area (Å²) >= 11 is 0. The Morgan fingerprint density at radius 2 is 1.21 bits per heavy atom. The Balaban J connectivity index is 1.96. The molecule has 4 nitrogen and oxygen atoms in total. The third kappa shape index (κ3) is 2.53. The fourth-order valence-corrected chi connectivity index (χ4v) is 4.44. The van der Waals surface area contributed by atoms with Gasteiger partial charge in [0.1, 0.15) is 0 Å². The SMILES string of the molecule is O=[N+]([O-])c1ccc2c(c1)C(c1ccccc1)(c1ccccc1)c1ccccc1N2. The molecule has 5 rings (SSSR count). The summed E-state index contributed by atoms with van der Waals surface area (Å²) in [7, 11) is 0. The number of nitro benzene ring substituents is 1. The van der Waals surface area contributed by atoms with E-state index in [1.54, 1.807) is 12.1 Å². The number of benzene rings is 4. The minimum Gasteiger partial charge on any atom is -0.355 e. The lowest BCUT2D eigenvalue weighted by Gasteiger charge is -2.42. The van der Waals surface area contributed by atoms with E-state index in [0.29, 0.717) is 0 Å². The van der Waals surface area contributed by atoms with Crippen molar-refractivity contribution in [3.63, 3.8) is 0 Å². The molecule has 1 N–H and O–H groups in total. The number of para-hydroxylation sites is 1. The monoisotopic (exact) mass is 378 g/mol. The van der Waals surface area contributed by atoms with E-state index < -0.39 is 5.41 Å². The Morgan fingerprint density at radius 1 is 0.655 bits per heavy atom. The molecule has 4 heteroatoms. The Hall–Kier alpha value is -3.92. The van der Waals surface area contributed by atoms with Gasteiger partial charge in [-0.3, -0.25) is 10.1 Å². The number of anilines is 2. The van der Waals surface area contributed by atoms with Gasteiger partial charge in [0.15, 0.2) is 0 Å². The summed E-state index contributed by atoms with van der Waals surface area (Å²) in [6, 6.07) is 33.7. The molecule has 0 saturated carbocycles. The highest BCUT2D eigenvalue weighted by Crippen LogP contribution is 2.53. The highest BCUT2D eigenvalue weighted by atomic mass is 16.6. The summed E-state index contributed by atoms with van der Waals surface area (Å²) in [5, 5.41) is 15.1. The number of hydrogen-bond acceptors (Lipinski definition) is 3. The maximum Gasteiger partial charge on any atom is 0.269 e. The second-order valence-electron chi connectivity index (χ2n) is 7.14. The highest BCUT2D eigenvalue weighted by molar-refractivity contribution is 5.82. The van der Waals surface area contributed by atoms with Crippen molar-refractivity contribution in [2.45, 2.75) is 5.41 Å². The molecular formula is C25H18N2O2. The van der Waals surface area contributed by atoms with Crippen molar-refractivity contribution in [2.24, 2.45) is 0 Å². The molecule has 140 valence electrons. The van der Waals surface area contributed by atoms with E-state index in [2.05, 4.69) is 41.7 Å². The number of hydrogen-bond donors (Lipinski definition) is 1. The molecule has 1 aliphatic rings. The van der Waals surface area contributed by atoms with E-state index in [1.807, 2.05) is 54.6 Å². The molecule has 0 unspecified atom stereocenters. The van der Waals surface area contributed by atoms with E-state index in [4.69, 9.17) is 0 Å². The van der Waals surface area contributed by atoms with Gasteiger partial charge in [-0.05, 0) is 28.8 Å². The van der Waals surface area contributed by atoms with Gasteiger partial charge < -0.3 is 5.32 Å². The highest BCUT2D eigenvalue weighted by Gasteiger charge is 2.44. The van der Waals surface area contributed by atoms with Crippen LogP contribution in [0.4, 0.5) is 17.1 Å². The molecule has 0 aliphatic carbocycles. The number of fused-ring (bicyclic) bond motifs is 2. The van der Waals surface area contributed by atoms with Gasteiger partial charge >= 0.3 is 0 Å². The van der Waals surface area contributed by atoms with Crippen molar-refractivity contribution < 1.29 is 4.92 Å². The normalized spacial score (nSPS) is 13.7. The molecule has 4 aromatic rings. The van der Waals surface area contributed by atoms with Crippen LogP contribution in [0.5, 0.6) is 0 Å². The van der Waals surface area contributed by atoms with E-state index in [1.165, 1.54) is 0 Å². The molecule has 0 atom stereocenters. The molecule has 4 aromatic carbocycles. The van der Waals surface area contributed by atoms with Crippen LogP contribution in [0.3, 0.4) is 0 Å². The lowest BCUT2D eigenvalue weighted by atomic mass is 9.63. The van der Waals surface area contributed by atoms with Crippen LogP contribution < -0.4 is 5.32 Å². The van der Waals surface area contributed by atoms with Crippen molar-refractivity contribution >= 4 is 17.1 Å². The standard InChI is InChI=1S/C25H18N2O2/c28-27(29)20-15-16-24-22(17-20)25(18-9-3-1-4-10-18,19-11-5-2-6-12-19)21-13-7-8-14-23(21)26-24/h1-17,26H. The van der Waals surface area contributed by atoms with E-state index in [0.717, 1.165) is 33.6 Å². The van der Waals surface area contributed by atoms with Gasteiger partial charge in [0.05, 0.1) is 10.3 Å². The van der Waals surface area contributed by atoms with Gasteiger partial charge in [-0.2, -0.15) is 0 Å². The van der Waals surface area contributed by atoms with Crippen LogP contribution in [-0.4, -0.2) is 4.92 Å². The van der Waals surface area contributed by atoms with Gasteiger partial charge in [-0.1, -0.05) is 78.9 Å². The molecule has 0 bridgehead atoms. The van der Waals surface area contributed by atoms with Gasteiger partial charge in [0.25, 0.3) is 5.69 Å². The van der Waals surface area contributed by atoms with Crippen molar-refractivity contribution in [2.75, 3.05) is 5.32 Å². The quantitative estimate of drug-likeness (QED) is 0.308. The Labute approximate surface area is 168 Å². The van der Waals surface area contributed by atoms with E-state index >= 15 is 0 Å². The fraction of sp³-hybridized carbons (Fsp3) is 0.0400. The maximum atomic E-state index is 11.6. The largest absolute Gasteiger partial charge is 0.355 e. The summed E-state index contributed by atoms with van der Waals surface area (Å²) in [5.74, 6) is 0. The lowest BCUT2D eigenvalue weighted by molar-refractivity contribution is -0.384. The van der Waals surface area contributed by atoms with Crippen LogP contribution in [0, 0.1) is 10.1 Å². The van der Waals surface area contributed by atoms with Crippen LogP contribution in [0.2, 0.25) is 0 Å². The second kappa shape index (κ2) is 6.60. The molecule has 0 amide bonds. The molecule has 1 heterocycles. The molecule has 0 saturated heterocycles. The predicted octanol–water partition coefficient (Wildman–Crippen LogP) is 6.03. The summed E-state index contributed by atoms with van der Waals surface area (Å²) < 4.78 is 0. The molecular weight excluding hydrogens is 360 g/mol. The molecule has 1 aliphatic heterocycles. The summed E-state index contributed by atoms with van der Waals surface area (Å²) in [4.78, 5) is 11.3. The Kier molecular flexibility index (Phi) is 3.91. The zero-order valence-electron chi connectivity index (χ0n) is 15.6. The molecule has 29 heavy (non-hydrogen) atoms. The van der Waals surface area contributed by atoms with Gasteiger partial charge in [-0.15, -0.1) is 0 Å². The number of nitro groups is 1. The van der Waals surface area contributed by atoms with E-state index in [-0.39, 0.29) is 10.6 Å². The van der Waals surface area contributed by atoms with Crippen LogP contribution in [0.1, 0.15) is 22.3 Å². The summed E-state index contributed by atoms with van der Waals surface area (Å²) in [6.07, 6.45) is 0. The zero-order valence-corrected chi connectivity index (χ0v) is 15.6. The first-order valence-electron chi connectivity index (χ1n) is 9.48. The second-order valence-corrected chi connectivity index (χ2v) is 7.14. The van der Waals surface area contributed by atoms with Gasteiger partial charge in [0.2, 0.25) is 0 Å². The summed E-state index contributed by atoms with van der Waals surface area (Å²) in [6.45, 7) is 0.